The van der Waals surface area contributed by atoms with Gasteiger partial charge in [0.05, 0.1) is 0 Å². The Morgan fingerprint density at radius 1 is 0.846 bits per heavy atom. The molecule has 1 aliphatic carbocycles. The van der Waals surface area contributed by atoms with Crippen molar-refractivity contribution in [1.29, 1.82) is 0 Å². The summed E-state index contributed by atoms with van der Waals surface area (Å²) in [6.45, 7) is 6.90. The fraction of sp³-hybridized carbons (Fsp3) is 0.257. The van der Waals surface area contributed by atoms with E-state index in [1.165, 1.54) is 71.0 Å². The molecule has 0 N–H and O–H groups in total. The third-order valence-electron chi connectivity index (χ3n) is 8.46. The Labute approximate surface area is 247 Å². The van der Waals surface area contributed by atoms with Crippen LogP contribution in [-0.4, -0.2) is 9.52 Å². The molecule has 0 spiro atoms. The normalized spacial score (nSPS) is 16.4. The van der Waals surface area contributed by atoms with Crippen LogP contribution >= 0.6 is 17.0 Å². The first kappa shape index (κ1) is 27.5. The molecule has 0 aromatic heterocycles. The molecule has 1 aliphatic heterocycles. The zero-order valence-corrected chi connectivity index (χ0v) is 28.5. The van der Waals surface area contributed by atoms with Crippen LogP contribution in [0.2, 0.25) is 0 Å². The first-order valence-corrected chi connectivity index (χ1v) is 24.8. The van der Waals surface area contributed by atoms with Gasteiger partial charge < -0.3 is 0 Å². The number of unbranched alkanes of at least 4 members (excludes halogenated alkanes) is 1. The maximum atomic E-state index is 7.88. The van der Waals surface area contributed by atoms with Crippen LogP contribution in [0, 0.1) is 5.92 Å². The monoisotopic (exact) mass is 644 g/mol. The molecular formula is C35H36Cl2SiZr. The molecule has 39 heavy (non-hydrogen) atoms. The maximum absolute atomic E-state index is 7.88. The van der Waals surface area contributed by atoms with Gasteiger partial charge in [0.25, 0.3) is 0 Å². The van der Waals surface area contributed by atoms with E-state index in [2.05, 4.69) is 112 Å². The van der Waals surface area contributed by atoms with E-state index in [1.54, 1.807) is 0 Å². The molecule has 0 fully saturated rings. The van der Waals surface area contributed by atoms with Crippen molar-refractivity contribution >= 4 is 46.3 Å². The predicted octanol–water partition coefficient (Wildman–Crippen LogP) is 8.07. The molecule has 1 atom stereocenters. The van der Waals surface area contributed by atoms with Gasteiger partial charge in [0.2, 0.25) is 0 Å². The van der Waals surface area contributed by atoms with Crippen molar-refractivity contribution in [2.45, 2.75) is 50.1 Å². The van der Waals surface area contributed by atoms with Crippen molar-refractivity contribution < 1.29 is 17.9 Å². The Morgan fingerprint density at radius 2 is 1.59 bits per heavy atom. The van der Waals surface area contributed by atoms with Crippen LogP contribution < -0.4 is 13.6 Å². The van der Waals surface area contributed by atoms with Crippen LogP contribution in [0.4, 0.5) is 0 Å². The Balaban J connectivity index is 1.53. The van der Waals surface area contributed by atoms with Gasteiger partial charge in [-0.05, 0) is 0 Å². The van der Waals surface area contributed by atoms with E-state index in [9.17, 15) is 0 Å². The Kier molecular flexibility index (Phi) is 7.95. The van der Waals surface area contributed by atoms with Crippen molar-refractivity contribution in [2.24, 2.45) is 5.92 Å². The van der Waals surface area contributed by atoms with Gasteiger partial charge in [0.1, 0.15) is 0 Å². The summed E-state index contributed by atoms with van der Waals surface area (Å²) in [4.78, 5) is 0. The van der Waals surface area contributed by atoms with Gasteiger partial charge in [-0.15, -0.1) is 0 Å². The van der Waals surface area contributed by atoms with Gasteiger partial charge in [0, 0.05) is 0 Å². The fourth-order valence-electron chi connectivity index (χ4n) is 6.76. The van der Waals surface area contributed by atoms with Gasteiger partial charge >= 0.3 is 250 Å². The van der Waals surface area contributed by atoms with E-state index in [1.807, 2.05) is 0 Å². The van der Waals surface area contributed by atoms with E-state index < -0.39 is 27.4 Å². The third-order valence-corrected chi connectivity index (χ3v) is 22.8. The Hall–Kier alpha value is -1.70. The molecule has 4 heteroatoms. The SMILES string of the molecule is CCCCC1=Cc2c(ccc(CC(C)C)c2-c2ccccc2)[CH]1[Zr]([Cl])([Cl])[c]1cccc2c1[SiH2]c1ccccc1-2. The number of hydrogen-bond donors (Lipinski definition) is 0. The molecule has 2 aliphatic rings. The van der Waals surface area contributed by atoms with Crippen LogP contribution in [0.5, 0.6) is 0 Å². The van der Waals surface area contributed by atoms with Gasteiger partial charge in [0.15, 0.2) is 0 Å². The summed E-state index contributed by atoms with van der Waals surface area (Å²) in [5.41, 5.74) is 11.1. The molecule has 1 heterocycles. The van der Waals surface area contributed by atoms with Crippen LogP contribution in [0.25, 0.3) is 28.3 Å². The van der Waals surface area contributed by atoms with Crippen LogP contribution in [0.3, 0.4) is 0 Å². The summed E-state index contributed by atoms with van der Waals surface area (Å²) in [6, 6.07) is 31.4. The van der Waals surface area contributed by atoms with Crippen LogP contribution in [0.15, 0.2) is 90.5 Å². The van der Waals surface area contributed by atoms with Crippen molar-refractivity contribution in [3.05, 3.63) is 107 Å². The molecule has 0 radical (unpaired) electrons. The second-order valence-electron chi connectivity index (χ2n) is 11.6. The van der Waals surface area contributed by atoms with E-state index >= 15 is 0 Å². The number of rotatable bonds is 8. The molecule has 0 saturated heterocycles. The molecule has 4 aromatic rings. The van der Waals surface area contributed by atoms with E-state index in [4.69, 9.17) is 17.0 Å². The summed E-state index contributed by atoms with van der Waals surface area (Å²) >= 11 is -3.96. The molecular weight excluding hydrogens is 611 g/mol. The number of allylic oxidation sites excluding steroid dienone is 1. The fourth-order valence-corrected chi connectivity index (χ4v) is 23.6. The van der Waals surface area contributed by atoms with Gasteiger partial charge in [-0.2, -0.15) is 0 Å². The second-order valence-corrected chi connectivity index (χ2v) is 27.4. The van der Waals surface area contributed by atoms with Crippen molar-refractivity contribution in [3.63, 3.8) is 0 Å². The topological polar surface area (TPSA) is 0 Å². The van der Waals surface area contributed by atoms with E-state index in [0.717, 1.165) is 12.8 Å². The molecule has 0 nitrogen and oxygen atoms in total. The van der Waals surface area contributed by atoms with E-state index in [0.29, 0.717) is 5.92 Å². The third kappa shape index (κ3) is 5.01. The molecule has 1 unspecified atom stereocenters. The molecule has 0 saturated carbocycles. The predicted molar refractivity (Wildman–Crippen MR) is 172 cm³/mol. The molecule has 198 valence electrons. The quantitative estimate of drug-likeness (QED) is 0.150. The summed E-state index contributed by atoms with van der Waals surface area (Å²) in [5.74, 6) is 0.587. The Morgan fingerprint density at radius 3 is 2.36 bits per heavy atom. The molecule has 4 aromatic carbocycles. The molecule has 0 bridgehead atoms. The number of fused-ring (bicyclic) bond motifs is 4. The summed E-state index contributed by atoms with van der Waals surface area (Å²) in [6.07, 6.45) is 6.95. The van der Waals surface area contributed by atoms with Gasteiger partial charge in [-0.3, -0.25) is 0 Å². The van der Waals surface area contributed by atoms with Crippen molar-refractivity contribution in [2.75, 3.05) is 0 Å². The number of hydrogen-bond acceptors (Lipinski definition) is 0. The number of halogens is 2. The minimum atomic E-state index is -3.96. The number of benzene rings is 4. The standard InChI is InChI=1S/C23H27.C12H9Si.2ClH.Zr/c1-4-5-9-18-15-20-12-13-21(14-17(2)3)23(22(20)16-18)19-10-7-6-8-11-19;1-3-7-11-9(5-1)10-6-2-4-8-12(10)13-11;;;/h6-8,10-13,15-17H,4-5,9,14H2,1-3H3;1-7H,13H2;2*1H;/q;;;;+2/p-2. The van der Waals surface area contributed by atoms with Gasteiger partial charge in [-0.1, -0.05) is 0 Å². The minimum absolute atomic E-state index is 0.143. The van der Waals surface area contributed by atoms with Crippen molar-refractivity contribution in [3.8, 4) is 22.3 Å². The van der Waals surface area contributed by atoms with Crippen LogP contribution in [-0.2, 0) is 24.3 Å². The summed E-state index contributed by atoms with van der Waals surface area (Å²) in [5, 5.41) is 3.02. The first-order chi connectivity index (χ1) is 18.9. The van der Waals surface area contributed by atoms with E-state index in [-0.39, 0.29) is 3.63 Å². The summed E-state index contributed by atoms with van der Waals surface area (Å²) in [7, 11) is 15.1. The zero-order chi connectivity index (χ0) is 27.1. The van der Waals surface area contributed by atoms with Crippen molar-refractivity contribution in [1.82, 2.24) is 0 Å². The Bertz CT molecular complexity index is 1550. The summed E-state index contributed by atoms with van der Waals surface area (Å²) < 4.78 is 1.46. The average Bonchev–Trinajstić information content (AvgIpc) is 3.50. The average molecular weight is 647 g/mol. The molecule has 6 rings (SSSR count). The second kappa shape index (κ2) is 11.3. The van der Waals surface area contributed by atoms with Crippen LogP contribution in [0.1, 0.15) is 60.3 Å². The first-order valence-electron chi connectivity index (χ1n) is 14.4. The van der Waals surface area contributed by atoms with Gasteiger partial charge in [-0.25, -0.2) is 0 Å². The molecule has 0 amide bonds. The zero-order valence-electron chi connectivity index (χ0n) is 23.1.